The summed E-state index contributed by atoms with van der Waals surface area (Å²) in [5.74, 6) is -1.49. The van der Waals surface area contributed by atoms with E-state index in [2.05, 4.69) is 0 Å². The van der Waals surface area contributed by atoms with Gasteiger partial charge in [0.2, 0.25) is 5.91 Å². The molecule has 1 N–H and O–H groups in total. The average Bonchev–Trinajstić information content (AvgIpc) is 2.53. The molecule has 1 aromatic carbocycles. The first kappa shape index (κ1) is 16.2. The predicted octanol–water partition coefficient (Wildman–Crippen LogP) is 1.30. The molecule has 0 aromatic heterocycles. The first-order chi connectivity index (χ1) is 10.6. The first-order valence-electron chi connectivity index (χ1n) is 7.07. The van der Waals surface area contributed by atoms with E-state index in [4.69, 9.17) is 14.6 Å². The smallest absolute Gasteiger partial charge is 0.334 e. The molecule has 1 saturated heterocycles. The number of amides is 1. The van der Waals surface area contributed by atoms with Crippen LogP contribution in [0.5, 0.6) is 5.75 Å². The maximum Gasteiger partial charge on any atom is 0.334 e. The molecule has 0 unspecified atom stereocenters. The van der Waals surface area contributed by atoms with E-state index in [1.807, 2.05) is 0 Å². The number of hydrogen-bond donors (Lipinski definition) is 1. The van der Waals surface area contributed by atoms with Crippen molar-refractivity contribution in [3.05, 3.63) is 30.1 Å². The molecule has 7 heteroatoms. The van der Waals surface area contributed by atoms with Gasteiger partial charge in [-0.15, -0.1) is 0 Å². The van der Waals surface area contributed by atoms with E-state index >= 15 is 0 Å². The third-order valence-corrected chi connectivity index (χ3v) is 3.32. The number of ether oxygens (including phenoxy) is 2. The Labute approximate surface area is 127 Å². The van der Waals surface area contributed by atoms with Crippen LogP contribution >= 0.6 is 0 Å². The molecule has 1 amide bonds. The highest BCUT2D eigenvalue weighted by Gasteiger charge is 2.28. The number of halogens is 1. The van der Waals surface area contributed by atoms with Crippen LogP contribution < -0.4 is 4.74 Å². The van der Waals surface area contributed by atoms with Gasteiger partial charge in [-0.1, -0.05) is 12.1 Å². The third-order valence-electron chi connectivity index (χ3n) is 3.32. The van der Waals surface area contributed by atoms with Crippen LogP contribution in [-0.2, 0) is 14.3 Å². The Morgan fingerprint density at radius 1 is 1.41 bits per heavy atom. The second-order valence-corrected chi connectivity index (χ2v) is 4.92. The van der Waals surface area contributed by atoms with Crippen molar-refractivity contribution in [2.75, 3.05) is 26.3 Å². The number of benzene rings is 1. The lowest BCUT2D eigenvalue weighted by molar-refractivity contribution is -0.159. The Bertz CT molecular complexity index is 536. The normalized spacial score (nSPS) is 18.0. The van der Waals surface area contributed by atoms with Crippen LogP contribution in [0.4, 0.5) is 4.39 Å². The zero-order chi connectivity index (χ0) is 15.9. The van der Waals surface area contributed by atoms with Gasteiger partial charge in [0.1, 0.15) is 0 Å². The van der Waals surface area contributed by atoms with Gasteiger partial charge in [0, 0.05) is 13.0 Å². The number of nitrogens with zero attached hydrogens (tertiary/aromatic N) is 1. The average molecular weight is 311 g/mol. The summed E-state index contributed by atoms with van der Waals surface area (Å²) in [6, 6.07) is 6.07. The predicted molar refractivity (Wildman–Crippen MR) is 75.1 cm³/mol. The molecule has 1 heterocycles. The van der Waals surface area contributed by atoms with E-state index in [1.54, 1.807) is 12.1 Å². The summed E-state index contributed by atoms with van der Waals surface area (Å²) in [6.45, 7) is 0.882. The van der Waals surface area contributed by atoms with Crippen molar-refractivity contribution < 1.29 is 28.6 Å². The van der Waals surface area contributed by atoms with E-state index in [0.717, 1.165) is 0 Å². The van der Waals surface area contributed by atoms with Gasteiger partial charge in [0.25, 0.3) is 0 Å². The van der Waals surface area contributed by atoms with Crippen molar-refractivity contribution in [1.82, 2.24) is 4.90 Å². The van der Waals surface area contributed by atoms with Crippen LogP contribution in [0.2, 0.25) is 0 Å². The number of carbonyl (C=O) groups excluding carboxylic acids is 1. The van der Waals surface area contributed by atoms with Crippen molar-refractivity contribution >= 4 is 11.9 Å². The third kappa shape index (κ3) is 4.42. The van der Waals surface area contributed by atoms with Crippen molar-refractivity contribution in [1.29, 1.82) is 0 Å². The van der Waals surface area contributed by atoms with E-state index in [0.29, 0.717) is 13.0 Å². The van der Waals surface area contributed by atoms with E-state index in [-0.39, 0.29) is 37.8 Å². The molecule has 0 spiro atoms. The van der Waals surface area contributed by atoms with Crippen molar-refractivity contribution in [3.63, 3.8) is 0 Å². The summed E-state index contributed by atoms with van der Waals surface area (Å²) in [4.78, 5) is 24.3. The Balaban J connectivity index is 1.71. The zero-order valence-electron chi connectivity index (χ0n) is 12.0. The van der Waals surface area contributed by atoms with Crippen LogP contribution in [0.1, 0.15) is 12.8 Å². The summed E-state index contributed by atoms with van der Waals surface area (Å²) in [7, 11) is 0. The largest absolute Gasteiger partial charge is 0.491 e. The van der Waals surface area contributed by atoms with Crippen molar-refractivity contribution in [2.45, 2.75) is 18.9 Å². The molecule has 1 atom stereocenters. The molecule has 1 aliphatic rings. The maximum atomic E-state index is 13.3. The molecule has 6 nitrogen and oxygen atoms in total. The molecular weight excluding hydrogens is 293 g/mol. The minimum absolute atomic E-state index is 0.0579. The summed E-state index contributed by atoms with van der Waals surface area (Å²) in [5.41, 5.74) is 0. The highest BCUT2D eigenvalue weighted by atomic mass is 19.1. The summed E-state index contributed by atoms with van der Waals surface area (Å²) >= 11 is 0. The van der Waals surface area contributed by atoms with Gasteiger partial charge in [-0.2, -0.15) is 0 Å². The number of para-hydroxylation sites is 1. The SMILES string of the molecule is O=C(O)[C@@H]1CN(C(=O)CCCOc2ccccc2F)CCO1. The fraction of sp³-hybridized carbons (Fsp3) is 0.467. The second kappa shape index (κ2) is 7.74. The molecule has 120 valence electrons. The Morgan fingerprint density at radius 2 is 2.18 bits per heavy atom. The van der Waals surface area contributed by atoms with E-state index in [9.17, 15) is 14.0 Å². The minimum Gasteiger partial charge on any atom is -0.491 e. The Kier molecular flexibility index (Phi) is 5.71. The first-order valence-corrected chi connectivity index (χ1v) is 7.07. The van der Waals surface area contributed by atoms with Crippen LogP contribution in [-0.4, -0.2) is 54.3 Å². The minimum atomic E-state index is -1.07. The number of hydrogen-bond acceptors (Lipinski definition) is 4. The lowest BCUT2D eigenvalue weighted by Crippen LogP contribution is -2.48. The summed E-state index contributed by atoms with van der Waals surface area (Å²) in [5, 5.41) is 8.89. The van der Waals surface area contributed by atoms with Crippen LogP contribution in [0.15, 0.2) is 24.3 Å². The topological polar surface area (TPSA) is 76.1 Å². The molecule has 0 bridgehead atoms. The molecule has 1 aliphatic heterocycles. The summed E-state index contributed by atoms with van der Waals surface area (Å²) < 4.78 is 23.6. The monoisotopic (exact) mass is 311 g/mol. The molecule has 1 aromatic rings. The van der Waals surface area contributed by atoms with Crippen LogP contribution in [0.25, 0.3) is 0 Å². The zero-order valence-corrected chi connectivity index (χ0v) is 12.0. The maximum absolute atomic E-state index is 13.3. The van der Waals surface area contributed by atoms with Gasteiger partial charge in [-0.3, -0.25) is 4.79 Å². The lowest BCUT2D eigenvalue weighted by atomic mass is 10.2. The molecule has 0 radical (unpaired) electrons. The van der Waals surface area contributed by atoms with Gasteiger partial charge in [0.15, 0.2) is 17.7 Å². The van der Waals surface area contributed by atoms with Gasteiger partial charge in [-0.25, -0.2) is 9.18 Å². The lowest BCUT2D eigenvalue weighted by Gasteiger charge is -2.30. The number of carboxylic acids is 1. The number of carboxylic acid groups (broad SMARTS) is 1. The second-order valence-electron chi connectivity index (χ2n) is 4.92. The fourth-order valence-electron chi connectivity index (χ4n) is 2.15. The molecule has 0 aliphatic carbocycles. The Morgan fingerprint density at radius 3 is 2.91 bits per heavy atom. The molecule has 0 saturated carbocycles. The highest BCUT2D eigenvalue weighted by Crippen LogP contribution is 2.16. The van der Waals surface area contributed by atoms with Gasteiger partial charge in [-0.05, 0) is 18.6 Å². The van der Waals surface area contributed by atoms with Crippen LogP contribution in [0.3, 0.4) is 0 Å². The number of morpholine rings is 1. The van der Waals surface area contributed by atoms with Gasteiger partial charge < -0.3 is 19.5 Å². The van der Waals surface area contributed by atoms with Gasteiger partial charge in [0.05, 0.1) is 19.8 Å². The molecule has 1 fully saturated rings. The van der Waals surface area contributed by atoms with Crippen molar-refractivity contribution in [2.24, 2.45) is 0 Å². The van der Waals surface area contributed by atoms with Crippen LogP contribution in [0, 0.1) is 5.82 Å². The number of carbonyl (C=O) groups is 2. The highest BCUT2D eigenvalue weighted by molar-refractivity contribution is 5.78. The Hall–Kier alpha value is -2.15. The van der Waals surface area contributed by atoms with E-state index < -0.39 is 17.9 Å². The summed E-state index contributed by atoms with van der Waals surface area (Å²) in [6.07, 6.45) is -0.310. The molecule has 2 rings (SSSR count). The fourth-order valence-corrected chi connectivity index (χ4v) is 2.15. The molecule has 22 heavy (non-hydrogen) atoms. The number of rotatable bonds is 6. The quantitative estimate of drug-likeness (QED) is 0.801. The standard InChI is InChI=1S/C15H18FNO5/c16-11-4-1-2-5-12(11)21-8-3-6-14(18)17-7-9-22-13(10-17)15(19)20/h1-2,4-5,13H,3,6-10H2,(H,19,20)/t13-/m0/s1. The van der Waals surface area contributed by atoms with Crippen molar-refractivity contribution in [3.8, 4) is 5.75 Å². The number of aliphatic carboxylic acids is 1. The van der Waals surface area contributed by atoms with E-state index in [1.165, 1.54) is 17.0 Å². The van der Waals surface area contributed by atoms with Gasteiger partial charge >= 0.3 is 5.97 Å². The molecular formula is C15H18FNO5.